The predicted octanol–water partition coefficient (Wildman–Crippen LogP) is 4.71. The number of nitrogens with one attached hydrogen (secondary N) is 1. The van der Waals surface area contributed by atoms with Gasteiger partial charge in [0, 0.05) is 30.4 Å². The van der Waals surface area contributed by atoms with E-state index >= 15 is 0 Å². The molecule has 1 fully saturated rings. The van der Waals surface area contributed by atoms with E-state index in [1.165, 1.54) is 36.2 Å². The Morgan fingerprint density at radius 3 is 2.35 bits per heavy atom. The Labute approximate surface area is 247 Å². The first-order chi connectivity index (χ1) is 20.8. The second-order valence-corrected chi connectivity index (χ2v) is 11.4. The summed E-state index contributed by atoms with van der Waals surface area (Å²) in [5.74, 6) is -2.17. The Bertz CT molecular complexity index is 1630. The average molecular weight is 610 g/mol. The number of rotatable bonds is 12. The summed E-state index contributed by atoms with van der Waals surface area (Å²) in [6.07, 6.45) is 3.48. The van der Waals surface area contributed by atoms with Gasteiger partial charge in [-0.1, -0.05) is 34.8 Å². The van der Waals surface area contributed by atoms with Crippen molar-refractivity contribution < 1.29 is 31.6 Å². The lowest BCUT2D eigenvalue weighted by Crippen LogP contribution is -2.36. The van der Waals surface area contributed by atoms with Crippen LogP contribution in [0, 0.1) is 11.6 Å². The highest BCUT2D eigenvalue weighted by Crippen LogP contribution is 2.29. The van der Waals surface area contributed by atoms with Gasteiger partial charge in [0.1, 0.15) is 23.8 Å². The SMILES string of the molecule is O=CON(c1ccc(Nc2cc(-c3ccc(CCCN4CCOCC4)cc3)ncn2)cc1)S(=O)(=O)c1c(F)cccc1F. The van der Waals surface area contributed by atoms with E-state index in [-0.39, 0.29) is 16.6 Å². The molecule has 0 atom stereocenters. The average Bonchev–Trinajstić information content (AvgIpc) is 3.01. The molecule has 0 spiro atoms. The second-order valence-electron chi connectivity index (χ2n) is 9.70. The number of carbonyl (C=O) groups is 1. The fourth-order valence-electron chi connectivity index (χ4n) is 4.68. The molecule has 1 N–H and O–H groups in total. The molecule has 1 aliphatic rings. The number of sulfonamides is 1. The summed E-state index contributed by atoms with van der Waals surface area (Å²) in [7, 11) is -4.92. The zero-order valence-corrected chi connectivity index (χ0v) is 23.8. The van der Waals surface area contributed by atoms with Crippen molar-refractivity contribution in [2.75, 3.05) is 42.6 Å². The van der Waals surface area contributed by atoms with Crippen LogP contribution in [0.4, 0.5) is 26.0 Å². The molecule has 0 aliphatic carbocycles. The van der Waals surface area contributed by atoms with Crippen LogP contribution < -0.4 is 9.79 Å². The van der Waals surface area contributed by atoms with Crippen LogP contribution in [-0.2, 0) is 30.8 Å². The number of morpholine rings is 1. The fourth-order valence-corrected chi connectivity index (χ4v) is 6.02. The van der Waals surface area contributed by atoms with Gasteiger partial charge in [-0.2, -0.15) is 8.42 Å². The van der Waals surface area contributed by atoms with Gasteiger partial charge < -0.3 is 14.9 Å². The van der Waals surface area contributed by atoms with Gasteiger partial charge in [0.15, 0.2) is 4.90 Å². The zero-order chi connectivity index (χ0) is 30.2. The summed E-state index contributed by atoms with van der Waals surface area (Å²) in [6.45, 7) is 4.47. The topological polar surface area (TPSA) is 114 Å². The minimum atomic E-state index is -4.92. The van der Waals surface area contributed by atoms with Gasteiger partial charge in [0.2, 0.25) is 0 Å². The zero-order valence-electron chi connectivity index (χ0n) is 23.0. The van der Waals surface area contributed by atoms with Crippen molar-refractivity contribution in [1.29, 1.82) is 0 Å². The van der Waals surface area contributed by atoms with Crippen LogP contribution in [-0.4, -0.2) is 62.6 Å². The van der Waals surface area contributed by atoms with Gasteiger partial charge >= 0.3 is 16.5 Å². The summed E-state index contributed by atoms with van der Waals surface area (Å²) in [5, 5.41) is 3.11. The Hall–Kier alpha value is -4.46. The number of hydrogen-bond acceptors (Lipinski definition) is 9. The van der Waals surface area contributed by atoms with E-state index in [0.717, 1.165) is 69.5 Å². The number of ether oxygens (including phenoxy) is 1. The fraction of sp³-hybridized carbons (Fsp3) is 0.233. The lowest BCUT2D eigenvalue weighted by molar-refractivity contribution is -0.128. The van der Waals surface area contributed by atoms with E-state index in [1.54, 1.807) is 6.07 Å². The molecular formula is C30H29F2N5O5S. The summed E-state index contributed by atoms with van der Waals surface area (Å²) in [4.78, 5) is 25.5. The first-order valence-corrected chi connectivity index (χ1v) is 15.0. The lowest BCUT2D eigenvalue weighted by Gasteiger charge is -2.26. The maximum Gasteiger partial charge on any atom is 0.322 e. The third-order valence-electron chi connectivity index (χ3n) is 6.84. The number of halogens is 2. The standard InChI is InChI=1S/C30H29F2N5O5S/c31-26-4-1-5-27(32)30(26)43(39,40)37(42-21-38)25-12-10-24(11-13-25)35-29-19-28(33-20-34-29)23-8-6-22(7-9-23)3-2-14-36-15-17-41-18-16-36/h1,4-13,19-21H,2-3,14-18H2,(H,33,34,35). The third-order valence-corrected chi connectivity index (χ3v) is 8.48. The minimum Gasteiger partial charge on any atom is -0.379 e. The van der Waals surface area contributed by atoms with Gasteiger partial charge in [0.25, 0.3) is 0 Å². The van der Waals surface area contributed by atoms with E-state index in [0.29, 0.717) is 17.2 Å². The van der Waals surface area contributed by atoms with Gasteiger partial charge in [-0.3, -0.25) is 9.69 Å². The Kier molecular flexibility index (Phi) is 9.55. The van der Waals surface area contributed by atoms with Crippen molar-refractivity contribution in [2.45, 2.75) is 17.7 Å². The number of aromatic nitrogens is 2. The van der Waals surface area contributed by atoms with Crippen molar-refractivity contribution in [3.8, 4) is 11.3 Å². The van der Waals surface area contributed by atoms with Crippen LogP contribution in [0.2, 0.25) is 0 Å². The van der Waals surface area contributed by atoms with Crippen LogP contribution >= 0.6 is 0 Å². The number of benzene rings is 3. The first kappa shape index (κ1) is 30.0. The third kappa shape index (κ3) is 7.31. The molecule has 0 unspecified atom stereocenters. The molecule has 0 bridgehead atoms. The van der Waals surface area contributed by atoms with Crippen LogP contribution in [0.3, 0.4) is 0 Å². The molecule has 3 aromatic carbocycles. The van der Waals surface area contributed by atoms with E-state index in [2.05, 4.69) is 37.2 Å². The number of aryl methyl sites for hydroxylation is 1. The van der Waals surface area contributed by atoms with Gasteiger partial charge in [-0.05, 0) is 61.3 Å². The van der Waals surface area contributed by atoms with Crippen LogP contribution in [0.25, 0.3) is 11.3 Å². The molecule has 2 heterocycles. The van der Waals surface area contributed by atoms with Crippen molar-refractivity contribution in [3.63, 3.8) is 0 Å². The molecule has 0 amide bonds. The van der Waals surface area contributed by atoms with E-state index in [1.807, 2.05) is 12.1 Å². The Morgan fingerprint density at radius 2 is 1.67 bits per heavy atom. The van der Waals surface area contributed by atoms with Crippen LogP contribution in [0.1, 0.15) is 12.0 Å². The lowest BCUT2D eigenvalue weighted by atomic mass is 10.1. The largest absolute Gasteiger partial charge is 0.379 e. The molecule has 10 nitrogen and oxygen atoms in total. The predicted molar refractivity (Wildman–Crippen MR) is 156 cm³/mol. The Morgan fingerprint density at radius 1 is 0.977 bits per heavy atom. The molecule has 4 aromatic rings. The van der Waals surface area contributed by atoms with Crippen molar-refractivity contribution in [3.05, 3.63) is 96.3 Å². The highest BCUT2D eigenvalue weighted by Gasteiger charge is 2.33. The number of anilines is 3. The number of carbonyl (C=O) groups excluding carboxylic acids is 1. The highest BCUT2D eigenvalue weighted by molar-refractivity contribution is 7.92. The van der Waals surface area contributed by atoms with E-state index in [4.69, 9.17) is 4.74 Å². The molecule has 0 saturated carbocycles. The van der Waals surface area contributed by atoms with Crippen molar-refractivity contribution in [2.24, 2.45) is 0 Å². The maximum absolute atomic E-state index is 14.2. The van der Waals surface area contributed by atoms with Crippen molar-refractivity contribution >= 4 is 33.7 Å². The van der Waals surface area contributed by atoms with Gasteiger partial charge in [-0.15, -0.1) is 0 Å². The molecule has 224 valence electrons. The molecule has 1 aromatic heterocycles. The quantitative estimate of drug-likeness (QED) is 0.180. The van der Waals surface area contributed by atoms with Gasteiger partial charge in [0.05, 0.1) is 24.6 Å². The molecule has 43 heavy (non-hydrogen) atoms. The first-order valence-electron chi connectivity index (χ1n) is 13.5. The normalized spacial score (nSPS) is 13.8. The van der Waals surface area contributed by atoms with E-state index < -0.39 is 26.6 Å². The molecule has 5 rings (SSSR count). The minimum absolute atomic E-state index is 0.150. The van der Waals surface area contributed by atoms with Crippen molar-refractivity contribution in [1.82, 2.24) is 14.9 Å². The molecule has 1 saturated heterocycles. The maximum atomic E-state index is 14.2. The Balaban J connectivity index is 1.25. The van der Waals surface area contributed by atoms with Crippen LogP contribution in [0.5, 0.6) is 0 Å². The molecule has 0 radical (unpaired) electrons. The smallest absolute Gasteiger partial charge is 0.322 e. The van der Waals surface area contributed by atoms with Gasteiger partial charge in [-0.25, -0.2) is 18.7 Å². The van der Waals surface area contributed by atoms with E-state index in [9.17, 15) is 22.0 Å². The molecular weight excluding hydrogens is 580 g/mol. The highest BCUT2D eigenvalue weighted by atomic mass is 32.2. The summed E-state index contributed by atoms with van der Waals surface area (Å²) in [6, 6.07) is 18.2. The number of hydrogen-bond donors (Lipinski definition) is 1. The summed E-state index contributed by atoms with van der Waals surface area (Å²) >= 11 is 0. The molecule has 13 heteroatoms. The summed E-state index contributed by atoms with van der Waals surface area (Å²) < 4.78 is 60.0. The number of nitrogens with zero attached hydrogens (tertiary/aromatic N) is 4. The molecule has 1 aliphatic heterocycles. The monoisotopic (exact) mass is 609 g/mol. The second kappa shape index (κ2) is 13.7. The van der Waals surface area contributed by atoms with Crippen LogP contribution in [0.15, 0.2) is 84.0 Å². The summed E-state index contributed by atoms with van der Waals surface area (Å²) in [5.41, 5.74) is 3.23.